The van der Waals surface area contributed by atoms with Crippen molar-refractivity contribution in [2.24, 2.45) is 11.7 Å². The number of nitrogens with zero attached hydrogens (tertiary/aromatic N) is 6. The first-order valence-corrected chi connectivity index (χ1v) is 22.4. The number of fused-ring (bicyclic) bond motifs is 2. The Bertz CT molecular complexity index is 2270. The highest BCUT2D eigenvalue weighted by Crippen LogP contribution is 2.40. The molecule has 0 aliphatic carbocycles. The minimum Gasteiger partial charge on any atom is -0.457 e. The number of hydrogen-bond acceptors (Lipinski definition) is 12. The van der Waals surface area contributed by atoms with Gasteiger partial charge in [0.25, 0.3) is 11.8 Å². The van der Waals surface area contributed by atoms with Crippen molar-refractivity contribution >= 4 is 35.1 Å². The molecule has 2 unspecified atom stereocenters. The first-order chi connectivity index (χ1) is 30.8. The third-order valence-corrected chi connectivity index (χ3v) is 13.2. The summed E-state index contributed by atoms with van der Waals surface area (Å²) in [6.45, 7) is 10.9. The molecule has 4 amide bonds. The van der Waals surface area contributed by atoms with Gasteiger partial charge in [-0.25, -0.2) is 4.68 Å². The molecule has 4 aromatic rings. The summed E-state index contributed by atoms with van der Waals surface area (Å²) in [6, 6.07) is 22.8. The average molecular weight is 860 g/mol. The zero-order chi connectivity index (χ0) is 43.3. The lowest BCUT2D eigenvalue weighted by atomic mass is 9.87. The molecule has 0 bridgehead atoms. The van der Waals surface area contributed by atoms with E-state index in [1.54, 1.807) is 4.90 Å². The van der Waals surface area contributed by atoms with Crippen LogP contribution in [-0.4, -0.2) is 139 Å². The first kappa shape index (κ1) is 42.5. The van der Waals surface area contributed by atoms with Crippen molar-refractivity contribution in [2.75, 3.05) is 95.5 Å². The van der Waals surface area contributed by atoms with Crippen LogP contribution in [0.15, 0.2) is 72.8 Å². The summed E-state index contributed by atoms with van der Waals surface area (Å²) in [7, 11) is 0. The highest BCUT2D eigenvalue weighted by Gasteiger charge is 2.40. The van der Waals surface area contributed by atoms with Crippen LogP contribution in [0.5, 0.6) is 11.5 Å². The van der Waals surface area contributed by atoms with E-state index >= 15 is 0 Å². The number of primary amides is 1. The third kappa shape index (κ3) is 9.59. The van der Waals surface area contributed by atoms with E-state index in [0.29, 0.717) is 73.7 Å². The molecule has 0 spiro atoms. The van der Waals surface area contributed by atoms with Gasteiger partial charge in [-0.2, -0.15) is 5.10 Å². The van der Waals surface area contributed by atoms with E-state index in [9.17, 15) is 19.2 Å². The molecule has 63 heavy (non-hydrogen) atoms. The number of piperazine rings is 1. The molecule has 3 aromatic carbocycles. The summed E-state index contributed by atoms with van der Waals surface area (Å²) in [6.07, 6.45) is 3.65. The number of imide groups is 1. The normalized spacial score (nSPS) is 20.9. The van der Waals surface area contributed by atoms with Crippen molar-refractivity contribution in [1.29, 1.82) is 0 Å². The summed E-state index contributed by atoms with van der Waals surface area (Å²) in [5.74, 6) is 1.32. The van der Waals surface area contributed by atoms with Gasteiger partial charge in [0.05, 0.1) is 32.5 Å². The fourth-order valence-electron chi connectivity index (χ4n) is 9.74. The van der Waals surface area contributed by atoms with Gasteiger partial charge in [0.2, 0.25) is 11.8 Å². The van der Waals surface area contributed by atoms with Gasteiger partial charge in [-0.1, -0.05) is 18.2 Å². The van der Waals surface area contributed by atoms with Crippen LogP contribution in [-0.2, 0) is 25.6 Å². The van der Waals surface area contributed by atoms with Crippen molar-refractivity contribution in [3.8, 4) is 22.8 Å². The molecule has 332 valence electrons. The van der Waals surface area contributed by atoms with Crippen LogP contribution < -0.4 is 26.0 Å². The number of nitrogens with two attached hydrogens (primary N) is 1. The number of amides is 4. The van der Waals surface area contributed by atoms with E-state index in [-0.39, 0.29) is 30.2 Å². The van der Waals surface area contributed by atoms with E-state index in [0.717, 1.165) is 101 Å². The first-order valence-electron chi connectivity index (χ1n) is 22.4. The number of para-hydroxylation sites is 1. The number of carbonyl (C=O) groups is 4. The number of aromatic nitrogens is 2. The van der Waals surface area contributed by atoms with E-state index in [1.807, 2.05) is 71.4 Å². The second-order valence-electron chi connectivity index (χ2n) is 17.1. The highest BCUT2D eigenvalue weighted by atomic mass is 16.5. The minimum atomic E-state index is -0.604. The zero-order valence-corrected chi connectivity index (χ0v) is 35.7. The molecule has 3 saturated heterocycles. The maximum atomic E-state index is 13.1. The Balaban J connectivity index is 0.658. The molecule has 1 aromatic heterocycles. The van der Waals surface area contributed by atoms with Gasteiger partial charge < -0.3 is 40.0 Å². The number of carbonyl (C=O) groups excluding carboxylic acids is 4. The van der Waals surface area contributed by atoms with E-state index in [4.69, 9.17) is 25.0 Å². The number of hydrogen-bond donors (Lipinski definition) is 3. The Morgan fingerprint density at radius 3 is 2.17 bits per heavy atom. The predicted octanol–water partition coefficient (Wildman–Crippen LogP) is 4.13. The van der Waals surface area contributed by atoms with E-state index < -0.39 is 11.9 Å². The lowest BCUT2D eigenvalue weighted by molar-refractivity contribution is -0.136. The molecule has 16 nitrogen and oxygen atoms in total. The number of nitrogens with one attached hydrogen (secondary N) is 2. The molecule has 5 aliphatic rings. The third-order valence-electron chi connectivity index (χ3n) is 13.2. The molecule has 3 fully saturated rings. The maximum Gasteiger partial charge on any atom is 0.255 e. The number of ether oxygens (including phenoxy) is 3. The molecule has 5 aliphatic heterocycles. The number of rotatable bonds is 16. The van der Waals surface area contributed by atoms with Crippen LogP contribution in [0, 0.1) is 5.92 Å². The summed E-state index contributed by atoms with van der Waals surface area (Å²) in [5.41, 5.74) is 10.5. The van der Waals surface area contributed by atoms with Gasteiger partial charge in [-0.05, 0) is 105 Å². The van der Waals surface area contributed by atoms with Crippen molar-refractivity contribution in [3.05, 3.63) is 89.5 Å². The largest absolute Gasteiger partial charge is 0.457 e. The number of likely N-dealkylation sites (tertiary alicyclic amines) is 1. The van der Waals surface area contributed by atoms with Crippen molar-refractivity contribution in [3.63, 3.8) is 0 Å². The molecular formula is C47H57N9O7. The second kappa shape index (κ2) is 19.3. The minimum absolute atomic E-state index is 0.145. The summed E-state index contributed by atoms with van der Waals surface area (Å²) in [5, 5.41) is 10.8. The van der Waals surface area contributed by atoms with Gasteiger partial charge in [-0.15, -0.1) is 0 Å². The Morgan fingerprint density at radius 1 is 0.778 bits per heavy atom. The zero-order valence-electron chi connectivity index (χ0n) is 35.7. The maximum absolute atomic E-state index is 13.1. The quantitative estimate of drug-likeness (QED) is 0.109. The molecule has 6 heterocycles. The fourth-order valence-corrected chi connectivity index (χ4v) is 9.74. The lowest BCUT2D eigenvalue weighted by Gasteiger charge is -2.38. The predicted molar refractivity (Wildman–Crippen MR) is 237 cm³/mol. The Kier molecular flexibility index (Phi) is 13.0. The molecule has 9 rings (SSSR count). The van der Waals surface area contributed by atoms with Crippen LogP contribution in [0.2, 0.25) is 0 Å². The van der Waals surface area contributed by atoms with Crippen LogP contribution in [0.1, 0.15) is 64.4 Å². The van der Waals surface area contributed by atoms with Crippen LogP contribution in [0.4, 0.5) is 11.5 Å². The van der Waals surface area contributed by atoms with Crippen molar-refractivity contribution in [2.45, 2.75) is 50.7 Å². The number of piperidine rings is 2. The Morgan fingerprint density at radius 2 is 1.48 bits per heavy atom. The van der Waals surface area contributed by atoms with E-state index in [2.05, 4.69) is 31.4 Å². The summed E-state index contributed by atoms with van der Waals surface area (Å²) < 4.78 is 19.9. The molecule has 4 N–H and O–H groups in total. The van der Waals surface area contributed by atoms with E-state index in [1.165, 1.54) is 0 Å². The monoisotopic (exact) mass is 859 g/mol. The van der Waals surface area contributed by atoms with Crippen LogP contribution in [0.25, 0.3) is 11.3 Å². The van der Waals surface area contributed by atoms with Gasteiger partial charge in [0.15, 0.2) is 0 Å². The average Bonchev–Trinajstić information content (AvgIpc) is 3.86. The fraction of sp³-hybridized carbons (Fsp3) is 0.468. The number of benzene rings is 3. The van der Waals surface area contributed by atoms with Gasteiger partial charge in [0.1, 0.15) is 34.6 Å². The summed E-state index contributed by atoms with van der Waals surface area (Å²) in [4.78, 5) is 58.8. The van der Waals surface area contributed by atoms with Crippen molar-refractivity contribution < 1.29 is 33.4 Å². The molecule has 0 saturated carbocycles. The van der Waals surface area contributed by atoms with Gasteiger partial charge in [0, 0.05) is 75.6 Å². The Labute approximate surface area is 367 Å². The number of anilines is 2. The van der Waals surface area contributed by atoms with Gasteiger partial charge in [-0.3, -0.25) is 29.4 Å². The highest BCUT2D eigenvalue weighted by molar-refractivity contribution is 6.06. The smallest absolute Gasteiger partial charge is 0.255 e. The Hall–Kier alpha value is -5.81. The lowest BCUT2D eigenvalue weighted by Crippen LogP contribution is -2.52. The topological polar surface area (TPSA) is 177 Å². The molecule has 16 heteroatoms. The molecule has 2 atom stereocenters. The molecular weight excluding hydrogens is 803 g/mol. The van der Waals surface area contributed by atoms with Crippen LogP contribution in [0.3, 0.4) is 0 Å². The van der Waals surface area contributed by atoms with Crippen molar-refractivity contribution in [1.82, 2.24) is 29.8 Å². The summed E-state index contributed by atoms with van der Waals surface area (Å²) >= 11 is 0. The van der Waals surface area contributed by atoms with Gasteiger partial charge >= 0.3 is 0 Å². The SMILES string of the molecule is NC(=O)c1c(-c2ccc(Oc3ccccc3)cc2)nn2c1NCCC2C1CCN(CCOCCOCCN2CCN(c3ccc4c(c3)CN(C3CCC(=O)NC3=O)C4=O)CC2)CC1. The standard InChI is InChI=1S/C47H57N9O7/c48-44(58)42-43(33-6-9-37(10-7-33)63-36-4-2-1-3-5-36)51-56-39(14-17-49-45(42)56)32-15-18-52(19-16-32)24-26-61-28-29-62-27-25-53-20-22-54(23-21-53)35-8-11-38-34(30-35)31-55(47(38)60)40-12-13-41(57)50-46(40)59/h1-11,30,32,39-40,49H,12-29,31H2,(H2,48,58)(H,50,57,59). The van der Waals surface area contributed by atoms with Crippen LogP contribution >= 0.6 is 0 Å². The second-order valence-corrected chi connectivity index (χ2v) is 17.1. The molecule has 0 radical (unpaired) electrons.